The van der Waals surface area contributed by atoms with Crippen LogP contribution in [0.25, 0.3) is 11.4 Å². The number of aromatic nitrogens is 3. The molecule has 0 aliphatic rings. The van der Waals surface area contributed by atoms with Crippen molar-refractivity contribution in [1.29, 1.82) is 0 Å². The Morgan fingerprint density at radius 3 is 2.41 bits per heavy atom. The van der Waals surface area contributed by atoms with Crippen molar-refractivity contribution < 1.29 is 30.8 Å². The predicted octanol–water partition coefficient (Wildman–Crippen LogP) is 5.00. The van der Waals surface area contributed by atoms with Crippen LogP contribution < -0.4 is 14.8 Å². The molecule has 196 valence electrons. The summed E-state index contributed by atoms with van der Waals surface area (Å²) in [6.07, 6.45) is -4.67. The third-order valence-electron chi connectivity index (χ3n) is 5.13. The molecule has 4 aromatic rings. The molecule has 0 unspecified atom stereocenters. The topological polar surface area (TPSA) is 118 Å². The van der Waals surface area contributed by atoms with Crippen molar-refractivity contribution in [3.05, 3.63) is 75.2 Å². The number of hydrogen-bond acceptors (Lipinski definition) is 8. The van der Waals surface area contributed by atoms with Gasteiger partial charge in [-0.1, -0.05) is 29.4 Å². The lowest BCUT2D eigenvalue weighted by Gasteiger charge is -2.29. The van der Waals surface area contributed by atoms with E-state index in [9.17, 15) is 26.4 Å². The van der Waals surface area contributed by atoms with Gasteiger partial charge < -0.3 is 4.74 Å². The van der Waals surface area contributed by atoms with Crippen molar-refractivity contribution in [3.8, 4) is 17.1 Å². The van der Waals surface area contributed by atoms with Crippen molar-refractivity contribution >= 4 is 27.0 Å². The zero-order chi connectivity index (χ0) is 27.0. The average Bonchev–Trinajstić information content (AvgIpc) is 3.46. The number of alkyl halides is 3. The minimum atomic E-state index is -4.67. The summed E-state index contributed by atoms with van der Waals surface area (Å²) >= 11 is 0.926. The third-order valence-corrected chi connectivity index (χ3v) is 8.47. The number of sulfonamides is 1. The normalized spacial score (nSPS) is 12.2. The molecule has 1 N–H and O–H groups in total. The van der Waals surface area contributed by atoms with Crippen LogP contribution in [0.2, 0.25) is 0 Å². The first kappa shape index (κ1) is 26.4. The summed E-state index contributed by atoms with van der Waals surface area (Å²) < 4.78 is 78.4. The Labute approximate surface area is 213 Å². The first-order chi connectivity index (χ1) is 17.4. The van der Waals surface area contributed by atoms with Crippen LogP contribution in [0.15, 0.2) is 61.5 Å². The third kappa shape index (κ3) is 5.69. The first-order valence-electron chi connectivity index (χ1n) is 10.8. The van der Waals surface area contributed by atoms with Crippen LogP contribution in [0.1, 0.15) is 30.7 Å². The van der Waals surface area contributed by atoms with Gasteiger partial charge in [0.1, 0.15) is 12.4 Å². The lowest BCUT2D eigenvalue weighted by molar-refractivity contribution is -0.137. The van der Waals surface area contributed by atoms with E-state index in [1.165, 1.54) is 0 Å². The summed E-state index contributed by atoms with van der Waals surface area (Å²) in [5, 5.41) is 5.17. The van der Waals surface area contributed by atoms with Crippen LogP contribution in [-0.2, 0) is 22.8 Å². The fourth-order valence-electron chi connectivity index (χ4n) is 3.48. The van der Waals surface area contributed by atoms with Crippen LogP contribution in [0.3, 0.4) is 0 Å². The smallest absolute Gasteiger partial charge is 0.439 e. The Bertz CT molecular complexity index is 1560. The highest BCUT2D eigenvalue weighted by Crippen LogP contribution is 2.40. The molecule has 0 radical (unpaired) electrons. The van der Waals surface area contributed by atoms with Gasteiger partial charge in [0, 0.05) is 22.7 Å². The van der Waals surface area contributed by atoms with E-state index < -0.39 is 33.6 Å². The Morgan fingerprint density at radius 2 is 1.86 bits per heavy atom. The summed E-state index contributed by atoms with van der Waals surface area (Å²) in [5.74, 6) is -0.754. The van der Waals surface area contributed by atoms with Crippen LogP contribution in [0.4, 0.5) is 18.9 Å². The predicted molar refractivity (Wildman–Crippen MR) is 130 cm³/mol. The fourth-order valence-corrected chi connectivity index (χ4v) is 6.27. The summed E-state index contributed by atoms with van der Waals surface area (Å²) in [6, 6.07) is 8.52. The molecule has 0 bridgehead atoms. The highest BCUT2D eigenvalue weighted by atomic mass is 32.2. The van der Waals surface area contributed by atoms with Crippen molar-refractivity contribution in [2.24, 2.45) is 0 Å². The summed E-state index contributed by atoms with van der Waals surface area (Å²) in [4.78, 5) is 17.6. The average molecular weight is 555 g/mol. The highest BCUT2D eigenvalue weighted by Gasteiger charge is 2.35. The fraction of sp³-hybridized carbons (Fsp3) is 0.261. The molecule has 2 heterocycles. The van der Waals surface area contributed by atoms with Gasteiger partial charge in [0.05, 0.1) is 11.3 Å². The number of rotatable bonds is 8. The molecular formula is C23H21F3N4O5S2. The van der Waals surface area contributed by atoms with Gasteiger partial charge in [0.15, 0.2) is 5.82 Å². The summed E-state index contributed by atoms with van der Waals surface area (Å²) in [6.45, 7) is 4.69. The number of nitrogens with one attached hydrogen (secondary N) is 1. The maximum Gasteiger partial charge on any atom is 0.439 e. The number of aromatic amines is 1. The van der Waals surface area contributed by atoms with E-state index in [0.717, 1.165) is 33.8 Å². The van der Waals surface area contributed by atoms with Gasteiger partial charge >= 0.3 is 11.9 Å². The van der Waals surface area contributed by atoms with Crippen LogP contribution >= 0.6 is 11.3 Å². The molecule has 4 rings (SSSR count). The van der Waals surface area contributed by atoms with Gasteiger partial charge in [-0.05, 0) is 44.5 Å². The molecule has 37 heavy (non-hydrogen) atoms. The molecule has 0 fully saturated rings. The number of ether oxygens (including phenoxy) is 1. The molecule has 2 aromatic carbocycles. The number of thiazole rings is 1. The SMILES string of the molecule is Cc1csc(S(=O)(=O)N(c2ccc(C(F)(F)F)cc2OCc2ccc(-c3noc(=O)[nH]3)cc2)C(C)C)n1. The Hall–Kier alpha value is -3.65. The second kappa shape index (κ2) is 10.0. The summed E-state index contributed by atoms with van der Waals surface area (Å²) in [5.41, 5.74) is 0.599. The first-order valence-corrected chi connectivity index (χ1v) is 13.1. The van der Waals surface area contributed by atoms with E-state index in [-0.39, 0.29) is 28.2 Å². The Morgan fingerprint density at radius 1 is 1.16 bits per heavy atom. The minimum Gasteiger partial charge on any atom is -0.487 e. The molecule has 0 atom stereocenters. The number of H-pyrrole nitrogens is 1. The van der Waals surface area contributed by atoms with Crippen molar-refractivity contribution in [1.82, 2.24) is 15.1 Å². The molecule has 0 spiro atoms. The van der Waals surface area contributed by atoms with Crippen LogP contribution in [0, 0.1) is 6.92 Å². The van der Waals surface area contributed by atoms with Crippen molar-refractivity contribution in [2.45, 2.75) is 43.9 Å². The molecule has 0 saturated carbocycles. The van der Waals surface area contributed by atoms with Gasteiger partial charge in [-0.3, -0.25) is 13.8 Å². The molecule has 0 aliphatic carbocycles. The number of anilines is 1. The van der Waals surface area contributed by atoms with E-state index in [1.807, 2.05) is 0 Å². The maximum atomic E-state index is 13.5. The second-order valence-electron chi connectivity index (χ2n) is 8.26. The van der Waals surface area contributed by atoms with E-state index in [4.69, 9.17) is 4.74 Å². The van der Waals surface area contributed by atoms with E-state index in [0.29, 0.717) is 16.8 Å². The van der Waals surface area contributed by atoms with E-state index >= 15 is 0 Å². The standard InChI is InChI=1S/C23H21F3N4O5S2/c1-13(2)30(37(32,33)22-27-14(3)12-36-22)18-9-8-17(23(24,25)26)10-19(18)34-11-15-4-6-16(7-5-15)20-28-21(31)35-29-20/h4-10,12-13H,11H2,1-3H3,(H,28,29,31). The molecule has 0 amide bonds. The number of aryl methyl sites for hydroxylation is 1. The largest absolute Gasteiger partial charge is 0.487 e. The van der Waals surface area contributed by atoms with Crippen LogP contribution in [0.5, 0.6) is 5.75 Å². The van der Waals surface area contributed by atoms with E-state index in [1.54, 1.807) is 50.4 Å². The quantitative estimate of drug-likeness (QED) is 0.326. The van der Waals surface area contributed by atoms with E-state index in [2.05, 4.69) is 19.6 Å². The number of benzene rings is 2. The Balaban J connectivity index is 1.69. The molecule has 14 heteroatoms. The highest BCUT2D eigenvalue weighted by molar-refractivity contribution is 7.94. The number of nitrogens with zero attached hydrogens (tertiary/aromatic N) is 3. The zero-order valence-corrected chi connectivity index (χ0v) is 21.4. The van der Waals surface area contributed by atoms with Crippen LogP contribution in [-0.4, -0.2) is 29.6 Å². The molecule has 0 saturated heterocycles. The van der Waals surface area contributed by atoms with Gasteiger partial charge in [0.25, 0.3) is 10.0 Å². The van der Waals surface area contributed by atoms with Gasteiger partial charge in [-0.15, -0.1) is 11.3 Å². The second-order valence-corrected chi connectivity index (χ2v) is 11.1. The zero-order valence-electron chi connectivity index (χ0n) is 19.7. The lowest BCUT2D eigenvalue weighted by atomic mass is 10.1. The minimum absolute atomic E-state index is 0.0485. The molecular weight excluding hydrogens is 533 g/mol. The lowest BCUT2D eigenvalue weighted by Crippen LogP contribution is -2.37. The van der Waals surface area contributed by atoms with Gasteiger partial charge in [0.2, 0.25) is 4.34 Å². The Kier molecular flexibility index (Phi) is 7.15. The molecule has 0 aliphatic heterocycles. The number of halogens is 3. The summed E-state index contributed by atoms with van der Waals surface area (Å²) in [7, 11) is -4.19. The monoisotopic (exact) mass is 554 g/mol. The molecule has 9 nitrogen and oxygen atoms in total. The van der Waals surface area contributed by atoms with Gasteiger partial charge in [-0.25, -0.2) is 9.78 Å². The molecule has 2 aromatic heterocycles. The van der Waals surface area contributed by atoms with Crippen molar-refractivity contribution in [3.63, 3.8) is 0 Å². The number of hydrogen-bond donors (Lipinski definition) is 1. The van der Waals surface area contributed by atoms with Crippen molar-refractivity contribution in [2.75, 3.05) is 4.31 Å². The maximum absolute atomic E-state index is 13.5. The van der Waals surface area contributed by atoms with Gasteiger partial charge in [-0.2, -0.15) is 21.6 Å².